The van der Waals surface area contributed by atoms with Crippen LogP contribution in [0.2, 0.25) is 0 Å². The molecule has 0 spiro atoms. The highest BCUT2D eigenvalue weighted by Crippen LogP contribution is 2.16. The van der Waals surface area contributed by atoms with Crippen LogP contribution in [-0.2, 0) is 0 Å². The molecule has 0 fully saturated rings. The van der Waals surface area contributed by atoms with E-state index in [-0.39, 0.29) is 0 Å². The van der Waals surface area contributed by atoms with E-state index in [0.29, 0.717) is 15.6 Å². The Hall–Kier alpha value is -2.57. The molecule has 2 heterocycles. The number of pyridine rings is 1. The molecule has 0 saturated heterocycles. The monoisotopic (exact) mass is 341 g/mol. The number of allylic oxidation sites excluding steroid dienone is 1. The van der Waals surface area contributed by atoms with Crippen LogP contribution in [0, 0.1) is 4.77 Å². The molecule has 0 aliphatic carbocycles. The fourth-order valence-corrected chi connectivity index (χ4v) is 2.29. The van der Waals surface area contributed by atoms with Crippen LogP contribution in [0.15, 0.2) is 65.0 Å². The Labute approximate surface area is 143 Å². The smallest absolute Gasteiger partial charge is 0.216 e. The average molecular weight is 342 g/mol. The van der Waals surface area contributed by atoms with Crippen molar-refractivity contribution in [3.05, 3.63) is 70.2 Å². The third-order valence-electron chi connectivity index (χ3n) is 2.97. The highest BCUT2D eigenvalue weighted by atomic mass is 35.5. The van der Waals surface area contributed by atoms with Gasteiger partial charge < -0.3 is 0 Å². The van der Waals surface area contributed by atoms with Crippen molar-refractivity contribution in [1.29, 1.82) is 0 Å². The molecule has 0 unspecified atom stereocenters. The molecule has 23 heavy (non-hydrogen) atoms. The fourth-order valence-electron chi connectivity index (χ4n) is 1.94. The van der Waals surface area contributed by atoms with Gasteiger partial charge in [0.05, 0.1) is 11.2 Å². The van der Waals surface area contributed by atoms with E-state index in [1.807, 2.05) is 48.5 Å². The van der Waals surface area contributed by atoms with E-state index in [9.17, 15) is 0 Å². The first-order valence-electron chi connectivity index (χ1n) is 6.78. The second kappa shape index (κ2) is 7.13. The van der Waals surface area contributed by atoms with Crippen LogP contribution in [0.3, 0.4) is 0 Å². The number of rotatable bonds is 4. The predicted octanol–water partition coefficient (Wildman–Crippen LogP) is 4.12. The van der Waals surface area contributed by atoms with Crippen molar-refractivity contribution >= 4 is 36.1 Å². The molecule has 3 rings (SSSR count). The third kappa shape index (κ3) is 3.80. The molecular formula is C16H12ClN5S. The Bertz CT molecular complexity index is 897. The Morgan fingerprint density at radius 3 is 2.78 bits per heavy atom. The Morgan fingerprint density at radius 2 is 2.04 bits per heavy atom. The van der Waals surface area contributed by atoms with E-state index in [0.717, 1.165) is 11.1 Å². The number of halogens is 1. The van der Waals surface area contributed by atoms with E-state index in [1.54, 1.807) is 12.4 Å². The lowest BCUT2D eigenvalue weighted by Crippen LogP contribution is -1.94. The lowest BCUT2D eigenvalue weighted by Gasteiger charge is -1.99. The van der Waals surface area contributed by atoms with Crippen molar-refractivity contribution in [2.24, 2.45) is 5.10 Å². The second-order valence-corrected chi connectivity index (χ2v) is 5.41. The number of H-pyrrole nitrogens is 1. The third-order valence-corrected chi connectivity index (χ3v) is 3.44. The minimum atomic E-state index is 0.379. The number of nitrogens with zero attached hydrogens (tertiary/aromatic N) is 4. The van der Waals surface area contributed by atoms with Gasteiger partial charge in [0, 0.05) is 18.0 Å². The highest BCUT2D eigenvalue weighted by Gasteiger charge is 2.07. The molecule has 7 heteroatoms. The lowest BCUT2D eigenvalue weighted by molar-refractivity contribution is 0.871. The van der Waals surface area contributed by atoms with Crippen molar-refractivity contribution in [2.45, 2.75) is 0 Å². The maximum atomic E-state index is 6.20. The van der Waals surface area contributed by atoms with Crippen molar-refractivity contribution in [1.82, 2.24) is 19.9 Å². The Balaban J connectivity index is 1.90. The molecule has 114 valence electrons. The molecule has 0 radical (unpaired) electrons. The number of aromatic nitrogens is 4. The van der Waals surface area contributed by atoms with Gasteiger partial charge in [-0.05, 0) is 36.0 Å². The van der Waals surface area contributed by atoms with Gasteiger partial charge in [-0.1, -0.05) is 41.9 Å². The number of hydrogen-bond donors (Lipinski definition) is 1. The largest absolute Gasteiger partial charge is 0.264 e. The van der Waals surface area contributed by atoms with E-state index < -0.39 is 0 Å². The number of nitrogens with one attached hydrogen (secondary N) is 1. The zero-order chi connectivity index (χ0) is 16.1. The molecule has 3 aromatic rings. The van der Waals surface area contributed by atoms with Gasteiger partial charge in [0.15, 0.2) is 5.82 Å². The summed E-state index contributed by atoms with van der Waals surface area (Å²) >= 11 is 11.4. The summed E-state index contributed by atoms with van der Waals surface area (Å²) in [6.45, 7) is 0. The summed E-state index contributed by atoms with van der Waals surface area (Å²) in [6.07, 6.45) is 6.73. The zero-order valence-electron chi connectivity index (χ0n) is 11.9. The van der Waals surface area contributed by atoms with E-state index in [1.165, 1.54) is 10.9 Å². The Kier molecular flexibility index (Phi) is 4.75. The molecule has 5 nitrogen and oxygen atoms in total. The van der Waals surface area contributed by atoms with Gasteiger partial charge in [0.25, 0.3) is 0 Å². The van der Waals surface area contributed by atoms with Crippen molar-refractivity contribution in [3.63, 3.8) is 0 Å². The zero-order valence-corrected chi connectivity index (χ0v) is 13.5. The second-order valence-electron chi connectivity index (χ2n) is 4.59. The van der Waals surface area contributed by atoms with Gasteiger partial charge in [0.1, 0.15) is 0 Å². The molecule has 0 aliphatic heterocycles. The molecule has 1 aromatic carbocycles. The molecule has 0 bridgehead atoms. The van der Waals surface area contributed by atoms with Gasteiger partial charge in [-0.3, -0.25) is 4.98 Å². The molecule has 0 saturated carbocycles. The predicted molar refractivity (Wildman–Crippen MR) is 94.8 cm³/mol. The van der Waals surface area contributed by atoms with Crippen LogP contribution in [0.1, 0.15) is 5.56 Å². The van der Waals surface area contributed by atoms with Crippen LogP contribution in [0.5, 0.6) is 0 Å². The Morgan fingerprint density at radius 1 is 1.22 bits per heavy atom. The van der Waals surface area contributed by atoms with Crippen molar-refractivity contribution in [3.8, 4) is 11.4 Å². The van der Waals surface area contributed by atoms with Gasteiger partial charge >= 0.3 is 0 Å². The maximum absolute atomic E-state index is 6.20. The molecule has 2 aromatic heterocycles. The minimum Gasteiger partial charge on any atom is -0.264 e. The van der Waals surface area contributed by atoms with Crippen LogP contribution in [0.25, 0.3) is 17.5 Å². The van der Waals surface area contributed by atoms with Crippen molar-refractivity contribution in [2.75, 3.05) is 0 Å². The molecular weight excluding hydrogens is 330 g/mol. The molecule has 0 aliphatic rings. The van der Waals surface area contributed by atoms with Gasteiger partial charge in [-0.25, -0.2) is 5.10 Å². The molecule has 0 atom stereocenters. The first-order valence-corrected chi connectivity index (χ1v) is 7.57. The first-order chi connectivity index (χ1) is 11.2. The van der Waals surface area contributed by atoms with Crippen LogP contribution in [-0.4, -0.2) is 26.1 Å². The van der Waals surface area contributed by atoms with E-state index >= 15 is 0 Å². The van der Waals surface area contributed by atoms with Gasteiger partial charge in [0.2, 0.25) is 4.77 Å². The van der Waals surface area contributed by atoms with Crippen molar-refractivity contribution < 1.29 is 0 Å². The summed E-state index contributed by atoms with van der Waals surface area (Å²) in [5, 5.41) is 11.7. The fraction of sp³-hybridized carbons (Fsp3) is 0. The van der Waals surface area contributed by atoms with Crippen LogP contribution < -0.4 is 0 Å². The molecule has 1 N–H and O–H groups in total. The highest BCUT2D eigenvalue weighted by molar-refractivity contribution is 7.71. The van der Waals surface area contributed by atoms with Crippen LogP contribution >= 0.6 is 23.8 Å². The topological polar surface area (TPSA) is 58.9 Å². The normalized spacial score (nSPS) is 12.0. The van der Waals surface area contributed by atoms with E-state index in [2.05, 4.69) is 20.3 Å². The number of hydrogen-bond acceptors (Lipinski definition) is 4. The average Bonchev–Trinajstić information content (AvgIpc) is 2.95. The molecule has 0 amide bonds. The SMILES string of the molecule is S=c1[nH]nc(-c2cccnc2)n1/N=C\C(Cl)=C\c1ccccc1. The summed E-state index contributed by atoms with van der Waals surface area (Å²) in [6, 6.07) is 13.5. The quantitative estimate of drug-likeness (QED) is 0.573. The minimum absolute atomic E-state index is 0.379. The lowest BCUT2D eigenvalue weighted by atomic mass is 10.2. The summed E-state index contributed by atoms with van der Waals surface area (Å²) in [5.74, 6) is 0.573. The summed E-state index contributed by atoms with van der Waals surface area (Å²) in [5.41, 5.74) is 1.80. The number of benzene rings is 1. The van der Waals surface area contributed by atoms with Gasteiger partial charge in [-0.15, -0.1) is 0 Å². The van der Waals surface area contributed by atoms with E-state index in [4.69, 9.17) is 23.8 Å². The maximum Gasteiger partial charge on any atom is 0.216 e. The summed E-state index contributed by atoms with van der Waals surface area (Å²) in [4.78, 5) is 4.07. The first kappa shape index (κ1) is 15.3. The number of aromatic amines is 1. The summed E-state index contributed by atoms with van der Waals surface area (Å²) in [7, 11) is 0. The van der Waals surface area contributed by atoms with Gasteiger partial charge in [-0.2, -0.15) is 14.9 Å². The van der Waals surface area contributed by atoms with Crippen LogP contribution in [0.4, 0.5) is 0 Å². The standard InChI is InChI=1S/C16H12ClN5S/c17-14(9-12-5-2-1-3-6-12)11-19-22-15(20-21-16(22)23)13-7-4-8-18-10-13/h1-11H,(H,21,23)/b14-9-,19-11-. The summed E-state index contributed by atoms with van der Waals surface area (Å²) < 4.78 is 1.89.